The second-order valence-corrected chi connectivity index (χ2v) is 4.70. The number of hydrogen-bond acceptors (Lipinski definition) is 4. The molecule has 0 saturated heterocycles. The Balaban J connectivity index is 1.95. The third-order valence-corrected chi connectivity index (χ3v) is 3.28. The highest BCUT2D eigenvalue weighted by Gasteiger charge is 2.03. The largest absolute Gasteiger partial charge is 0.486 e. The quantitative estimate of drug-likeness (QED) is 0.885. The predicted octanol–water partition coefficient (Wildman–Crippen LogP) is 2.57. The number of aryl methyl sites for hydroxylation is 1. The maximum Gasteiger partial charge on any atom is 0.140 e. The lowest BCUT2D eigenvalue weighted by Crippen LogP contribution is -1.97. The summed E-state index contributed by atoms with van der Waals surface area (Å²) in [5.41, 5.74) is 2.06. The van der Waals surface area contributed by atoms with Crippen LogP contribution in [0, 0.1) is 6.92 Å². The Morgan fingerprint density at radius 1 is 1.35 bits per heavy atom. The number of benzene rings is 1. The molecule has 90 valence electrons. The summed E-state index contributed by atoms with van der Waals surface area (Å²) >= 11 is 1.57. The first kappa shape index (κ1) is 12.1. The fraction of sp³-hybridized carbons (Fsp3) is 0.308. The van der Waals surface area contributed by atoms with Crippen molar-refractivity contribution in [1.29, 1.82) is 0 Å². The van der Waals surface area contributed by atoms with Crippen molar-refractivity contribution in [1.82, 2.24) is 4.98 Å². The van der Waals surface area contributed by atoms with Crippen molar-refractivity contribution in [2.24, 2.45) is 0 Å². The molecule has 1 aromatic heterocycles. The molecule has 4 heteroatoms. The Bertz CT molecular complexity index is 482. The Morgan fingerprint density at radius 2 is 2.18 bits per heavy atom. The number of hydrogen-bond donors (Lipinski definition) is 1. The van der Waals surface area contributed by atoms with Gasteiger partial charge in [0.1, 0.15) is 17.4 Å². The second kappa shape index (κ2) is 5.80. The number of para-hydroxylation sites is 1. The number of ether oxygens (including phenoxy) is 1. The molecular formula is C13H15NO2S. The van der Waals surface area contributed by atoms with E-state index < -0.39 is 0 Å². The number of aliphatic hydroxyl groups is 1. The fourth-order valence-electron chi connectivity index (χ4n) is 1.50. The van der Waals surface area contributed by atoms with Crippen LogP contribution in [0.15, 0.2) is 29.6 Å². The zero-order valence-corrected chi connectivity index (χ0v) is 10.5. The molecule has 0 saturated carbocycles. The Hall–Kier alpha value is -1.39. The van der Waals surface area contributed by atoms with Gasteiger partial charge in [-0.3, -0.25) is 0 Å². The highest BCUT2D eigenvalue weighted by Crippen LogP contribution is 2.19. The van der Waals surface area contributed by atoms with Crippen LogP contribution < -0.4 is 4.74 Å². The van der Waals surface area contributed by atoms with Gasteiger partial charge in [-0.25, -0.2) is 4.98 Å². The van der Waals surface area contributed by atoms with Gasteiger partial charge < -0.3 is 9.84 Å². The summed E-state index contributed by atoms with van der Waals surface area (Å²) in [4.78, 5) is 4.38. The van der Waals surface area contributed by atoms with Gasteiger partial charge >= 0.3 is 0 Å². The molecule has 0 radical (unpaired) electrons. The molecule has 2 aromatic rings. The molecule has 3 nitrogen and oxygen atoms in total. The van der Waals surface area contributed by atoms with Gasteiger partial charge in [-0.1, -0.05) is 18.2 Å². The van der Waals surface area contributed by atoms with E-state index >= 15 is 0 Å². The normalized spacial score (nSPS) is 10.5. The molecule has 0 aliphatic rings. The number of rotatable bonds is 5. The van der Waals surface area contributed by atoms with E-state index in [1.165, 1.54) is 0 Å². The third kappa shape index (κ3) is 3.28. The summed E-state index contributed by atoms with van der Waals surface area (Å²) < 4.78 is 5.70. The predicted molar refractivity (Wildman–Crippen MR) is 68.4 cm³/mol. The van der Waals surface area contributed by atoms with E-state index in [9.17, 15) is 0 Å². The Morgan fingerprint density at radius 3 is 2.94 bits per heavy atom. The first-order valence-corrected chi connectivity index (χ1v) is 6.40. The van der Waals surface area contributed by atoms with Crippen LogP contribution >= 0.6 is 11.3 Å². The van der Waals surface area contributed by atoms with Gasteiger partial charge in [0.15, 0.2) is 0 Å². The van der Waals surface area contributed by atoms with Crippen molar-refractivity contribution in [3.8, 4) is 5.75 Å². The fourth-order valence-corrected chi connectivity index (χ4v) is 2.24. The number of aromatic nitrogens is 1. The molecule has 0 aliphatic heterocycles. The van der Waals surface area contributed by atoms with Crippen molar-refractivity contribution in [2.45, 2.75) is 20.0 Å². The SMILES string of the molecule is Cc1ccccc1OCc1nc(CCO)cs1. The van der Waals surface area contributed by atoms with Gasteiger partial charge in [0.2, 0.25) is 0 Å². The maximum atomic E-state index is 8.81. The average Bonchev–Trinajstić information content (AvgIpc) is 2.76. The molecule has 0 amide bonds. The molecule has 0 bridgehead atoms. The van der Waals surface area contributed by atoms with Crippen LogP contribution in [0.3, 0.4) is 0 Å². The van der Waals surface area contributed by atoms with Crippen molar-refractivity contribution >= 4 is 11.3 Å². The van der Waals surface area contributed by atoms with Crippen molar-refractivity contribution in [3.63, 3.8) is 0 Å². The van der Waals surface area contributed by atoms with Gasteiger partial charge in [-0.2, -0.15) is 0 Å². The molecule has 1 aromatic carbocycles. The van der Waals surface area contributed by atoms with E-state index in [-0.39, 0.29) is 6.61 Å². The molecular weight excluding hydrogens is 234 g/mol. The smallest absolute Gasteiger partial charge is 0.140 e. The van der Waals surface area contributed by atoms with Gasteiger partial charge in [0.25, 0.3) is 0 Å². The van der Waals surface area contributed by atoms with Crippen LogP contribution in [0.2, 0.25) is 0 Å². The molecule has 0 unspecified atom stereocenters. The number of aliphatic hydroxyl groups excluding tert-OH is 1. The summed E-state index contributed by atoms with van der Waals surface area (Å²) in [7, 11) is 0. The van der Waals surface area contributed by atoms with Crippen LogP contribution in [0.4, 0.5) is 0 Å². The first-order valence-electron chi connectivity index (χ1n) is 5.52. The molecule has 0 fully saturated rings. The lowest BCUT2D eigenvalue weighted by Gasteiger charge is -2.06. The topological polar surface area (TPSA) is 42.4 Å². The summed E-state index contributed by atoms with van der Waals surface area (Å²) in [6.07, 6.45) is 0.612. The summed E-state index contributed by atoms with van der Waals surface area (Å²) in [6.45, 7) is 2.65. The Labute approximate surface area is 105 Å². The molecule has 0 spiro atoms. The van der Waals surface area contributed by atoms with Crippen LogP contribution in [-0.4, -0.2) is 16.7 Å². The second-order valence-electron chi connectivity index (χ2n) is 3.76. The van der Waals surface area contributed by atoms with E-state index in [4.69, 9.17) is 9.84 Å². The molecule has 0 aliphatic carbocycles. The van der Waals surface area contributed by atoms with E-state index in [1.54, 1.807) is 11.3 Å². The minimum absolute atomic E-state index is 0.141. The van der Waals surface area contributed by atoms with Crippen molar-refractivity contribution in [2.75, 3.05) is 6.61 Å². The standard InChI is InChI=1S/C13H15NO2S/c1-10-4-2-3-5-12(10)16-8-13-14-11(6-7-15)9-17-13/h2-5,9,15H,6-8H2,1H3. The number of thiazole rings is 1. The Kier molecular flexibility index (Phi) is 4.12. The molecule has 0 atom stereocenters. The molecule has 1 heterocycles. The maximum absolute atomic E-state index is 8.81. The zero-order chi connectivity index (χ0) is 12.1. The minimum atomic E-state index is 0.141. The summed E-state index contributed by atoms with van der Waals surface area (Å²) in [6, 6.07) is 7.93. The van der Waals surface area contributed by atoms with Crippen molar-refractivity contribution < 1.29 is 9.84 Å². The van der Waals surface area contributed by atoms with E-state index in [0.717, 1.165) is 22.0 Å². The zero-order valence-electron chi connectivity index (χ0n) is 9.72. The number of nitrogens with zero attached hydrogens (tertiary/aromatic N) is 1. The lowest BCUT2D eigenvalue weighted by molar-refractivity contribution is 0.295. The molecule has 1 N–H and O–H groups in total. The van der Waals surface area contributed by atoms with Gasteiger partial charge in [0.05, 0.1) is 5.69 Å². The van der Waals surface area contributed by atoms with Gasteiger partial charge in [0, 0.05) is 18.4 Å². The average molecular weight is 249 g/mol. The lowest BCUT2D eigenvalue weighted by atomic mass is 10.2. The minimum Gasteiger partial charge on any atom is -0.486 e. The van der Waals surface area contributed by atoms with Gasteiger partial charge in [-0.15, -0.1) is 11.3 Å². The van der Waals surface area contributed by atoms with Crippen LogP contribution in [0.25, 0.3) is 0 Å². The van der Waals surface area contributed by atoms with Gasteiger partial charge in [-0.05, 0) is 18.6 Å². The highest BCUT2D eigenvalue weighted by molar-refractivity contribution is 7.09. The van der Waals surface area contributed by atoms with Crippen LogP contribution in [0.5, 0.6) is 5.75 Å². The highest BCUT2D eigenvalue weighted by atomic mass is 32.1. The van der Waals surface area contributed by atoms with E-state index in [0.29, 0.717) is 13.0 Å². The van der Waals surface area contributed by atoms with Crippen LogP contribution in [0.1, 0.15) is 16.3 Å². The summed E-state index contributed by atoms with van der Waals surface area (Å²) in [5.74, 6) is 0.895. The monoisotopic (exact) mass is 249 g/mol. The summed E-state index contributed by atoms with van der Waals surface area (Å²) in [5, 5.41) is 11.7. The first-order chi connectivity index (χ1) is 8.29. The van der Waals surface area contributed by atoms with Crippen LogP contribution in [-0.2, 0) is 13.0 Å². The van der Waals surface area contributed by atoms with E-state index in [1.807, 2.05) is 36.6 Å². The molecule has 17 heavy (non-hydrogen) atoms. The molecule has 2 rings (SSSR count). The third-order valence-electron chi connectivity index (χ3n) is 2.41. The van der Waals surface area contributed by atoms with E-state index in [2.05, 4.69) is 4.98 Å². The van der Waals surface area contributed by atoms with Crippen molar-refractivity contribution in [3.05, 3.63) is 45.9 Å².